The van der Waals surface area contributed by atoms with E-state index in [4.69, 9.17) is 0 Å². The van der Waals surface area contributed by atoms with Crippen LogP contribution in [0.15, 0.2) is 103 Å². The Morgan fingerprint density at radius 2 is 1.20 bits per heavy atom. The van der Waals surface area contributed by atoms with E-state index >= 15 is 0 Å². The molecule has 1 aromatic heterocycles. The van der Waals surface area contributed by atoms with Crippen molar-refractivity contribution in [3.63, 3.8) is 0 Å². The Morgan fingerprint density at radius 1 is 0.767 bits per heavy atom. The molecule has 0 saturated heterocycles. The van der Waals surface area contributed by atoms with Gasteiger partial charge >= 0.3 is 0 Å². The minimum Gasteiger partial charge on any atom is -0.233 e. The normalized spacial score (nSPS) is 12.3. The Bertz CT molecular complexity index is 1150. The second-order valence-corrected chi connectivity index (χ2v) is 8.92. The molecule has 6 heteroatoms. The van der Waals surface area contributed by atoms with Crippen molar-refractivity contribution < 1.29 is 8.42 Å². The number of hydrogen-bond donors (Lipinski definition) is 0. The molecule has 0 saturated carbocycles. The fourth-order valence-corrected chi connectivity index (χ4v) is 4.00. The van der Waals surface area contributed by atoms with Crippen molar-refractivity contribution in [2.24, 2.45) is 0 Å². The Kier molecular flexibility index (Phi) is 5.33. The largest absolute Gasteiger partial charge is 0.233 e. The van der Waals surface area contributed by atoms with Crippen LogP contribution in [0.2, 0.25) is 0 Å². The van der Waals surface area contributed by atoms with E-state index < -0.39 is 15.4 Å². The molecule has 5 nitrogen and oxygen atoms in total. The Balaban J connectivity index is 2.02. The lowest BCUT2D eigenvalue weighted by Crippen LogP contribution is -2.38. The smallest absolute Gasteiger partial charge is 0.174 e. The van der Waals surface area contributed by atoms with Gasteiger partial charge in [-0.05, 0) is 22.8 Å². The van der Waals surface area contributed by atoms with Crippen LogP contribution in [0.4, 0.5) is 0 Å². The summed E-state index contributed by atoms with van der Waals surface area (Å²) in [4.78, 5) is 4.36. The maximum Gasteiger partial charge on any atom is 0.174 e. The lowest BCUT2D eigenvalue weighted by Gasteiger charge is -2.35. The van der Waals surface area contributed by atoms with E-state index in [1.807, 2.05) is 54.6 Å². The van der Waals surface area contributed by atoms with Gasteiger partial charge in [0, 0.05) is 11.7 Å². The molecule has 0 aliphatic rings. The van der Waals surface area contributed by atoms with Crippen molar-refractivity contribution in [3.8, 4) is 0 Å². The summed E-state index contributed by atoms with van der Waals surface area (Å²) in [5.41, 5.74) is 2.29. The average molecular weight is 416 g/mol. The third kappa shape index (κ3) is 3.82. The molecule has 150 valence electrons. The van der Waals surface area contributed by atoms with E-state index in [0.717, 1.165) is 28.4 Å². The Labute approximate surface area is 176 Å². The van der Waals surface area contributed by atoms with Crippen molar-refractivity contribution in [1.82, 2.24) is 14.8 Å². The molecule has 4 rings (SSSR count). The zero-order valence-corrected chi connectivity index (χ0v) is 17.3. The molecule has 0 fully saturated rings. The predicted octanol–water partition coefficient (Wildman–Crippen LogP) is 4.13. The maximum atomic E-state index is 11.5. The molecule has 3 aromatic carbocycles. The summed E-state index contributed by atoms with van der Waals surface area (Å²) in [6, 6.07) is 30.3. The number of nitrogens with zero attached hydrogens (tertiary/aromatic N) is 3. The van der Waals surface area contributed by atoms with E-state index in [1.165, 1.54) is 6.08 Å². The molecular formula is C24H21N3O2S. The van der Waals surface area contributed by atoms with Crippen molar-refractivity contribution in [1.29, 1.82) is 0 Å². The van der Waals surface area contributed by atoms with Crippen LogP contribution in [0.3, 0.4) is 0 Å². The lowest BCUT2D eigenvalue weighted by molar-refractivity contribution is 0.458. The van der Waals surface area contributed by atoms with Gasteiger partial charge in [-0.2, -0.15) is 5.10 Å². The molecule has 0 amide bonds. The van der Waals surface area contributed by atoms with Crippen LogP contribution < -0.4 is 0 Å². The van der Waals surface area contributed by atoms with Crippen LogP contribution in [0.5, 0.6) is 0 Å². The minimum absolute atomic E-state index is 0.326. The first-order valence-corrected chi connectivity index (χ1v) is 11.4. The highest BCUT2D eigenvalue weighted by Gasteiger charge is 2.39. The van der Waals surface area contributed by atoms with Gasteiger partial charge in [0.15, 0.2) is 15.7 Å². The first-order chi connectivity index (χ1) is 14.5. The number of sulfone groups is 1. The summed E-state index contributed by atoms with van der Waals surface area (Å²) in [6.45, 7) is 0. The number of aromatic nitrogens is 3. The number of hydrogen-bond acceptors (Lipinski definition) is 4. The second kappa shape index (κ2) is 8.08. The molecular weight excluding hydrogens is 394 g/mol. The minimum atomic E-state index is -3.27. The van der Waals surface area contributed by atoms with Crippen LogP contribution in [0, 0.1) is 0 Å². The standard InChI is InChI=1S/C24H21N3O2S/c1-30(28,29)18-17-23-25-19-27(26-23)24(20-11-5-2-6-12-20,21-13-7-3-8-14-21)22-15-9-4-10-16-22/h2-19H,1H3/b18-17+. The molecule has 0 N–H and O–H groups in total. The zero-order chi connectivity index (χ0) is 21.0. The quantitative estimate of drug-likeness (QED) is 0.444. The van der Waals surface area contributed by atoms with Gasteiger partial charge in [0.05, 0.1) is 0 Å². The first-order valence-electron chi connectivity index (χ1n) is 9.47. The van der Waals surface area contributed by atoms with Crippen molar-refractivity contribution in [2.45, 2.75) is 5.54 Å². The Morgan fingerprint density at radius 3 is 1.60 bits per heavy atom. The number of benzene rings is 3. The van der Waals surface area contributed by atoms with Crippen LogP contribution in [0.25, 0.3) is 6.08 Å². The molecule has 0 bridgehead atoms. The van der Waals surface area contributed by atoms with Gasteiger partial charge in [0.2, 0.25) is 0 Å². The SMILES string of the molecule is CS(=O)(=O)/C=C/c1ncn(C(c2ccccc2)(c2ccccc2)c2ccccc2)n1. The van der Waals surface area contributed by atoms with E-state index in [2.05, 4.69) is 46.5 Å². The molecule has 0 atom stereocenters. The molecule has 0 unspecified atom stereocenters. The van der Waals surface area contributed by atoms with Gasteiger partial charge in [-0.15, -0.1) is 0 Å². The highest BCUT2D eigenvalue weighted by molar-refractivity contribution is 7.93. The third-order valence-electron chi connectivity index (χ3n) is 4.89. The molecule has 0 aliphatic heterocycles. The summed E-state index contributed by atoms with van der Waals surface area (Å²) in [5, 5.41) is 5.78. The second-order valence-electron chi connectivity index (χ2n) is 6.99. The summed E-state index contributed by atoms with van der Waals surface area (Å²) < 4.78 is 24.8. The van der Waals surface area contributed by atoms with E-state index in [1.54, 1.807) is 11.0 Å². The van der Waals surface area contributed by atoms with Crippen molar-refractivity contribution >= 4 is 15.9 Å². The lowest BCUT2D eigenvalue weighted by atomic mass is 9.77. The van der Waals surface area contributed by atoms with E-state index in [9.17, 15) is 8.42 Å². The van der Waals surface area contributed by atoms with Crippen LogP contribution in [0.1, 0.15) is 22.5 Å². The molecule has 0 spiro atoms. The predicted molar refractivity (Wildman–Crippen MR) is 119 cm³/mol. The molecule has 1 heterocycles. The molecule has 4 aromatic rings. The summed E-state index contributed by atoms with van der Waals surface area (Å²) >= 11 is 0. The van der Waals surface area contributed by atoms with Gasteiger partial charge < -0.3 is 0 Å². The highest BCUT2D eigenvalue weighted by Crippen LogP contribution is 2.40. The monoisotopic (exact) mass is 415 g/mol. The van der Waals surface area contributed by atoms with Gasteiger partial charge in [-0.3, -0.25) is 0 Å². The number of rotatable bonds is 6. The fraction of sp³-hybridized carbons (Fsp3) is 0.0833. The molecule has 30 heavy (non-hydrogen) atoms. The average Bonchev–Trinajstić information content (AvgIpc) is 3.24. The third-order valence-corrected chi connectivity index (χ3v) is 5.52. The van der Waals surface area contributed by atoms with Crippen LogP contribution >= 0.6 is 0 Å². The van der Waals surface area contributed by atoms with Crippen molar-refractivity contribution in [3.05, 3.63) is 125 Å². The van der Waals surface area contributed by atoms with E-state index in [-0.39, 0.29) is 0 Å². The Hall–Kier alpha value is -3.51. The highest BCUT2D eigenvalue weighted by atomic mass is 32.2. The van der Waals surface area contributed by atoms with E-state index in [0.29, 0.717) is 5.82 Å². The van der Waals surface area contributed by atoms with Crippen LogP contribution in [-0.4, -0.2) is 29.4 Å². The van der Waals surface area contributed by atoms with Gasteiger partial charge in [-0.25, -0.2) is 18.1 Å². The molecule has 0 aliphatic carbocycles. The maximum absolute atomic E-state index is 11.5. The fourth-order valence-electron chi connectivity index (χ4n) is 3.63. The summed E-state index contributed by atoms with van der Waals surface area (Å²) in [6.07, 6.45) is 4.20. The van der Waals surface area contributed by atoms with Crippen LogP contribution in [-0.2, 0) is 15.4 Å². The zero-order valence-electron chi connectivity index (χ0n) is 16.5. The van der Waals surface area contributed by atoms with Gasteiger partial charge in [0.1, 0.15) is 11.9 Å². The molecule has 0 radical (unpaired) electrons. The van der Waals surface area contributed by atoms with Gasteiger partial charge in [0.25, 0.3) is 0 Å². The van der Waals surface area contributed by atoms with Gasteiger partial charge in [-0.1, -0.05) is 91.0 Å². The topological polar surface area (TPSA) is 64.8 Å². The summed E-state index contributed by atoms with van der Waals surface area (Å²) in [7, 11) is -3.27. The van der Waals surface area contributed by atoms with Crippen molar-refractivity contribution in [2.75, 3.05) is 6.26 Å². The summed E-state index contributed by atoms with van der Waals surface area (Å²) in [5.74, 6) is 0.326. The first kappa shape index (κ1) is 19.8.